The van der Waals surface area contributed by atoms with Crippen LogP contribution in [0.5, 0.6) is 0 Å². The Kier molecular flexibility index (Phi) is 5.41. The fourth-order valence-corrected chi connectivity index (χ4v) is 4.80. The minimum atomic E-state index is -0.108. The van der Waals surface area contributed by atoms with Crippen LogP contribution in [0.15, 0.2) is 54.6 Å². The van der Waals surface area contributed by atoms with Crippen molar-refractivity contribution < 1.29 is 14.7 Å². The Morgan fingerprint density at radius 2 is 1.52 bits per heavy atom. The fraction of sp³-hybridized carbons (Fsp3) is 0.417. The van der Waals surface area contributed by atoms with Gasteiger partial charge in [-0.25, -0.2) is 0 Å². The lowest BCUT2D eigenvalue weighted by atomic mass is 9.71. The second kappa shape index (κ2) is 7.99. The van der Waals surface area contributed by atoms with Crippen molar-refractivity contribution in [1.82, 2.24) is 9.80 Å². The summed E-state index contributed by atoms with van der Waals surface area (Å²) in [5.41, 5.74) is 2.44. The Labute approximate surface area is 171 Å². The Morgan fingerprint density at radius 1 is 0.931 bits per heavy atom. The topological polar surface area (TPSA) is 60.9 Å². The van der Waals surface area contributed by atoms with Gasteiger partial charge in [0.25, 0.3) is 11.8 Å². The van der Waals surface area contributed by atoms with Gasteiger partial charge in [0.15, 0.2) is 0 Å². The molecule has 0 aromatic heterocycles. The molecule has 2 aromatic carbocycles. The molecule has 2 fully saturated rings. The van der Waals surface area contributed by atoms with Crippen LogP contribution in [-0.2, 0) is 0 Å². The maximum atomic E-state index is 12.9. The summed E-state index contributed by atoms with van der Waals surface area (Å²) in [7, 11) is 0. The number of aryl methyl sites for hydroxylation is 1. The SMILES string of the molecule is Cc1ccc(C(=O)N2CCC3(CC2)CN(C(=O)c2ccccc2)C[C@@H]3CO)cc1. The molecule has 2 heterocycles. The molecule has 5 heteroatoms. The first-order valence-corrected chi connectivity index (χ1v) is 10.3. The van der Waals surface area contributed by atoms with E-state index in [1.807, 2.05) is 71.3 Å². The lowest BCUT2D eigenvalue weighted by Crippen LogP contribution is -2.47. The average Bonchev–Trinajstić information content (AvgIpc) is 3.12. The van der Waals surface area contributed by atoms with Crippen molar-refractivity contribution in [1.29, 1.82) is 0 Å². The zero-order valence-electron chi connectivity index (χ0n) is 16.9. The molecule has 2 aliphatic heterocycles. The van der Waals surface area contributed by atoms with Crippen LogP contribution >= 0.6 is 0 Å². The first-order chi connectivity index (χ1) is 14.0. The van der Waals surface area contributed by atoms with Crippen LogP contribution < -0.4 is 0 Å². The molecule has 2 aliphatic rings. The Balaban J connectivity index is 1.44. The molecule has 1 atom stereocenters. The Hall–Kier alpha value is -2.66. The van der Waals surface area contributed by atoms with Gasteiger partial charge in [-0.2, -0.15) is 0 Å². The highest BCUT2D eigenvalue weighted by Gasteiger charge is 2.49. The molecular weight excluding hydrogens is 364 g/mol. The number of aliphatic hydroxyl groups excluding tert-OH is 1. The van der Waals surface area contributed by atoms with Crippen LogP contribution in [0, 0.1) is 18.3 Å². The zero-order valence-corrected chi connectivity index (χ0v) is 16.9. The smallest absolute Gasteiger partial charge is 0.253 e. The van der Waals surface area contributed by atoms with E-state index in [9.17, 15) is 14.7 Å². The second-order valence-corrected chi connectivity index (χ2v) is 8.45. The van der Waals surface area contributed by atoms with E-state index in [0.717, 1.165) is 24.0 Å². The molecule has 0 aliphatic carbocycles. The third-order valence-electron chi connectivity index (χ3n) is 6.69. The first kappa shape index (κ1) is 19.6. The average molecular weight is 392 g/mol. The highest BCUT2D eigenvalue weighted by atomic mass is 16.3. The number of carbonyl (C=O) groups is 2. The predicted molar refractivity (Wildman–Crippen MR) is 112 cm³/mol. The maximum absolute atomic E-state index is 12.9. The van der Waals surface area contributed by atoms with Crippen molar-refractivity contribution in [3.8, 4) is 0 Å². The van der Waals surface area contributed by atoms with Gasteiger partial charge in [0.2, 0.25) is 0 Å². The number of rotatable bonds is 3. The number of amides is 2. The van der Waals surface area contributed by atoms with Crippen molar-refractivity contribution in [3.63, 3.8) is 0 Å². The third-order valence-corrected chi connectivity index (χ3v) is 6.69. The summed E-state index contributed by atoms with van der Waals surface area (Å²) in [6, 6.07) is 17.0. The minimum absolute atomic E-state index is 0.0269. The van der Waals surface area contributed by atoms with Gasteiger partial charge in [0.1, 0.15) is 0 Å². The number of carbonyl (C=O) groups excluding carboxylic acids is 2. The molecule has 1 spiro atoms. The quantitative estimate of drug-likeness (QED) is 0.874. The fourth-order valence-electron chi connectivity index (χ4n) is 4.80. The van der Waals surface area contributed by atoms with Crippen LogP contribution in [0.1, 0.15) is 39.1 Å². The van der Waals surface area contributed by atoms with E-state index in [1.165, 1.54) is 0 Å². The summed E-state index contributed by atoms with van der Waals surface area (Å²) in [5, 5.41) is 10.0. The third kappa shape index (κ3) is 3.79. The number of likely N-dealkylation sites (tertiary alicyclic amines) is 2. The monoisotopic (exact) mass is 392 g/mol. The molecule has 4 rings (SSSR count). The van der Waals surface area contributed by atoms with Crippen molar-refractivity contribution in [2.24, 2.45) is 11.3 Å². The van der Waals surface area contributed by atoms with Gasteiger partial charge >= 0.3 is 0 Å². The molecule has 0 saturated carbocycles. The van der Waals surface area contributed by atoms with Crippen molar-refractivity contribution >= 4 is 11.8 Å². The highest BCUT2D eigenvalue weighted by molar-refractivity contribution is 5.95. The van der Waals surface area contributed by atoms with Crippen molar-refractivity contribution in [2.45, 2.75) is 19.8 Å². The second-order valence-electron chi connectivity index (χ2n) is 8.45. The zero-order chi connectivity index (χ0) is 20.4. The molecule has 0 unspecified atom stereocenters. The van der Waals surface area contributed by atoms with E-state index in [2.05, 4.69) is 0 Å². The largest absolute Gasteiger partial charge is 0.396 e. The summed E-state index contributed by atoms with van der Waals surface area (Å²) in [6.45, 7) is 4.64. The molecule has 152 valence electrons. The van der Waals surface area contributed by atoms with E-state index < -0.39 is 0 Å². The van der Waals surface area contributed by atoms with Crippen LogP contribution in [0.3, 0.4) is 0 Å². The van der Waals surface area contributed by atoms with E-state index in [-0.39, 0.29) is 29.8 Å². The van der Waals surface area contributed by atoms with E-state index >= 15 is 0 Å². The number of nitrogens with zero attached hydrogens (tertiary/aromatic N) is 2. The Morgan fingerprint density at radius 3 is 2.14 bits per heavy atom. The van der Waals surface area contributed by atoms with Crippen molar-refractivity contribution in [3.05, 3.63) is 71.3 Å². The number of piperidine rings is 1. The van der Waals surface area contributed by atoms with Gasteiger partial charge in [0, 0.05) is 49.8 Å². The first-order valence-electron chi connectivity index (χ1n) is 10.3. The summed E-state index contributed by atoms with van der Waals surface area (Å²) < 4.78 is 0. The minimum Gasteiger partial charge on any atom is -0.396 e. The standard InChI is InChI=1S/C24H28N2O3/c1-18-7-9-20(10-8-18)22(28)25-13-11-24(12-14-25)17-26(15-21(24)16-27)23(29)19-5-3-2-4-6-19/h2-10,21,27H,11-17H2,1H3/t21-/m1/s1. The summed E-state index contributed by atoms with van der Waals surface area (Å²) in [5.74, 6) is 0.154. The van der Waals surface area contributed by atoms with Gasteiger partial charge in [-0.3, -0.25) is 9.59 Å². The van der Waals surface area contributed by atoms with Gasteiger partial charge in [0.05, 0.1) is 0 Å². The predicted octanol–water partition coefficient (Wildman–Crippen LogP) is 2.98. The van der Waals surface area contributed by atoms with E-state index in [4.69, 9.17) is 0 Å². The molecule has 0 bridgehead atoms. The maximum Gasteiger partial charge on any atom is 0.253 e. The van der Waals surface area contributed by atoms with E-state index in [0.29, 0.717) is 31.7 Å². The van der Waals surface area contributed by atoms with Crippen LogP contribution in [-0.4, -0.2) is 59.5 Å². The molecule has 29 heavy (non-hydrogen) atoms. The molecule has 1 N–H and O–H groups in total. The molecule has 2 amide bonds. The lowest BCUT2D eigenvalue weighted by Gasteiger charge is -2.42. The summed E-state index contributed by atoms with van der Waals surface area (Å²) in [4.78, 5) is 29.5. The van der Waals surface area contributed by atoms with Crippen LogP contribution in [0.25, 0.3) is 0 Å². The van der Waals surface area contributed by atoms with Gasteiger partial charge in [-0.1, -0.05) is 35.9 Å². The normalized spacial score (nSPS) is 20.8. The summed E-state index contributed by atoms with van der Waals surface area (Å²) >= 11 is 0. The van der Waals surface area contributed by atoms with Crippen LogP contribution in [0.4, 0.5) is 0 Å². The molecule has 5 nitrogen and oxygen atoms in total. The number of hydrogen-bond donors (Lipinski definition) is 1. The van der Waals surface area contributed by atoms with Crippen LogP contribution in [0.2, 0.25) is 0 Å². The Bertz CT molecular complexity index is 871. The number of hydrogen-bond acceptors (Lipinski definition) is 3. The van der Waals surface area contributed by atoms with E-state index in [1.54, 1.807) is 0 Å². The molecule has 2 aromatic rings. The lowest BCUT2D eigenvalue weighted by molar-refractivity contribution is 0.0396. The van der Waals surface area contributed by atoms with Gasteiger partial charge in [-0.15, -0.1) is 0 Å². The van der Waals surface area contributed by atoms with Gasteiger partial charge < -0.3 is 14.9 Å². The van der Waals surface area contributed by atoms with Gasteiger partial charge in [-0.05, 0) is 49.4 Å². The summed E-state index contributed by atoms with van der Waals surface area (Å²) in [6.07, 6.45) is 1.63. The van der Waals surface area contributed by atoms with Crippen molar-refractivity contribution in [2.75, 3.05) is 32.8 Å². The highest BCUT2D eigenvalue weighted by Crippen LogP contribution is 2.45. The number of aliphatic hydroxyl groups is 1. The molecular formula is C24H28N2O3. The molecule has 2 saturated heterocycles. The number of benzene rings is 2. The molecule has 0 radical (unpaired) electrons.